The van der Waals surface area contributed by atoms with Crippen LogP contribution >= 0.6 is 11.3 Å². The minimum Gasteiger partial charge on any atom is -0.383 e. The van der Waals surface area contributed by atoms with Gasteiger partial charge in [0.15, 0.2) is 5.13 Å². The highest BCUT2D eigenvalue weighted by Gasteiger charge is 2.24. The highest BCUT2D eigenvalue weighted by atomic mass is 32.1. The van der Waals surface area contributed by atoms with Crippen LogP contribution in [-0.2, 0) is 4.74 Å². The third-order valence-corrected chi connectivity index (χ3v) is 3.25. The van der Waals surface area contributed by atoms with Crippen molar-refractivity contribution in [2.45, 2.75) is 19.4 Å². The second-order valence-corrected chi connectivity index (χ2v) is 4.20. The molecule has 0 bridgehead atoms. The molecule has 0 saturated carbocycles. The SMILES string of the molecule is CCO[C@H]1CCN(c2nc(N)cs2)C1. The third kappa shape index (κ3) is 1.99. The molecule has 0 amide bonds. The Balaban J connectivity index is 1.95. The van der Waals surface area contributed by atoms with E-state index < -0.39 is 0 Å². The van der Waals surface area contributed by atoms with Crippen molar-refractivity contribution in [1.29, 1.82) is 0 Å². The largest absolute Gasteiger partial charge is 0.383 e. The molecular formula is C9H15N3OS. The van der Waals surface area contributed by atoms with Crippen LogP contribution < -0.4 is 10.6 Å². The molecule has 2 heterocycles. The molecule has 2 rings (SSSR count). The van der Waals surface area contributed by atoms with Crippen LogP contribution in [0.25, 0.3) is 0 Å². The Morgan fingerprint density at radius 2 is 2.64 bits per heavy atom. The van der Waals surface area contributed by atoms with Gasteiger partial charge in [0.25, 0.3) is 0 Å². The summed E-state index contributed by atoms with van der Waals surface area (Å²) in [6.07, 6.45) is 1.46. The van der Waals surface area contributed by atoms with Gasteiger partial charge in [-0.15, -0.1) is 11.3 Å². The summed E-state index contributed by atoms with van der Waals surface area (Å²) >= 11 is 1.60. The van der Waals surface area contributed by atoms with E-state index in [1.54, 1.807) is 11.3 Å². The Labute approximate surface area is 87.7 Å². The molecule has 0 unspecified atom stereocenters. The topological polar surface area (TPSA) is 51.4 Å². The Bertz CT molecular complexity index is 302. The average molecular weight is 213 g/mol. The van der Waals surface area contributed by atoms with Crippen LogP contribution in [0, 0.1) is 0 Å². The van der Waals surface area contributed by atoms with Crippen LogP contribution in [0.2, 0.25) is 0 Å². The lowest BCUT2D eigenvalue weighted by Gasteiger charge is -2.14. The molecule has 2 N–H and O–H groups in total. The fourth-order valence-corrected chi connectivity index (χ4v) is 2.45. The molecule has 1 fully saturated rings. The second kappa shape index (κ2) is 4.14. The number of hydrogen-bond acceptors (Lipinski definition) is 5. The van der Waals surface area contributed by atoms with Crippen LogP contribution in [0.4, 0.5) is 10.9 Å². The molecule has 5 heteroatoms. The van der Waals surface area contributed by atoms with Crippen molar-refractivity contribution in [2.24, 2.45) is 0 Å². The summed E-state index contributed by atoms with van der Waals surface area (Å²) in [6.45, 7) is 4.79. The van der Waals surface area contributed by atoms with E-state index in [2.05, 4.69) is 9.88 Å². The molecule has 1 atom stereocenters. The van der Waals surface area contributed by atoms with Crippen LogP contribution in [0.5, 0.6) is 0 Å². The first-order valence-corrected chi connectivity index (χ1v) is 5.75. The number of anilines is 2. The van der Waals surface area contributed by atoms with E-state index in [0.29, 0.717) is 11.9 Å². The highest BCUT2D eigenvalue weighted by molar-refractivity contribution is 7.14. The zero-order valence-electron chi connectivity index (χ0n) is 8.27. The van der Waals surface area contributed by atoms with Gasteiger partial charge in [-0.2, -0.15) is 0 Å². The number of nitrogens with zero attached hydrogens (tertiary/aromatic N) is 2. The minimum atomic E-state index is 0.366. The number of rotatable bonds is 3. The van der Waals surface area contributed by atoms with Gasteiger partial charge < -0.3 is 15.4 Å². The molecule has 1 saturated heterocycles. The molecule has 1 aliphatic heterocycles. The predicted octanol–water partition coefficient (Wildman–Crippen LogP) is 1.34. The molecular weight excluding hydrogens is 198 g/mol. The molecule has 78 valence electrons. The first-order chi connectivity index (χ1) is 6.79. The zero-order chi connectivity index (χ0) is 9.97. The normalized spacial score (nSPS) is 21.8. The van der Waals surface area contributed by atoms with Crippen molar-refractivity contribution in [3.05, 3.63) is 5.38 Å². The average Bonchev–Trinajstić information content (AvgIpc) is 2.74. The number of nitrogen functional groups attached to an aromatic ring is 1. The molecule has 0 radical (unpaired) electrons. The Kier molecular flexibility index (Phi) is 2.88. The van der Waals surface area contributed by atoms with Crippen molar-refractivity contribution >= 4 is 22.3 Å². The molecule has 0 spiro atoms. The molecule has 4 nitrogen and oxygen atoms in total. The standard InChI is InChI=1S/C9H15N3OS/c1-2-13-7-3-4-12(5-7)9-11-8(10)6-14-9/h6-7H,2-5,10H2,1H3/t7-/m0/s1. The fraction of sp³-hybridized carbons (Fsp3) is 0.667. The van der Waals surface area contributed by atoms with Crippen LogP contribution in [0.15, 0.2) is 5.38 Å². The van der Waals surface area contributed by atoms with Crippen molar-refractivity contribution in [2.75, 3.05) is 30.3 Å². The number of nitrogens with two attached hydrogens (primary N) is 1. The van der Waals surface area contributed by atoms with E-state index in [0.717, 1.165) is 31.2 Å². The molecule has 14 heavy (non-hydrogen) atoms. The van der Waals surface area contributed by atoms with E-state index in [1.807, 2.05) is 12.3 Å². The summed E-state index contributed by atoms with van der Waals surface area (Å²) in [7, 11) is 0. The summed E-state index contributed by atoms with van der Waals surface area (Å²) in [6, 6.07) is 0. The Morgan fingerprint density at radius 3 is 3.29 bits per heavy atom. The van der Waals surface area contributed by atoms with E-state index in [4.69, 9.17) is 10.5 Å². The van der Waals surface area contributed by atoms with E-state index in [9.17, 15) is 0 Å². The van der Waals surface area contributed by atoms with Gasteiger partial charge in [-0.3, -0.25) is 0 Å². The second-order valence-electron chi connectivity index (χ2n) is 3.37. The Hall–Kier alpha value is -0.810. The molecule has 0 aliphatic carbocycles. The number of thiazole rings is 1. The smallest absolute Gasteiger partial charge is 0.187 e. The summed E-state index contributed by atoms with van der Waals surface area (Å²) in [4.78, 5) is 6.49. The molecule has 1 aliphatic rings. The van der Waals surface area contributed by atoms with Gasteiger partial charge in [-0.05, 0) is 13.3 Å². The maximum absolute atomic E-state index is 5.58. The van der Waals surface area contributed by atoms with Gasteiger partial charge in [0, 0.05) is 25.1 Å². The van der Waals surface area contributed by atoms with Gasteiger partial charge >= 0.3 is 0 Å². The maximum Gasteiger partial charge on any atom is 0.187 e. The van der Waals surface area contributed by atoms with Crippen LogP contribution in [0.1, 0.15) is 13.3 Å². The molecule has 1 aromatic heterocycles. The van der Waals surface area contributed by atoms with Gasteiger partial charge in [-0.1, -0.05) is 0 Å². The minimum absolute atomic E-state index is 0.366. The molecule has 1 aromatic rings. The fourth-order valence-electron chi connectivity index (χ4n) is 1.70. The summed E-state index contributed by atoms with van der Waals surface area (Å²) in [5, 5.41) is 2.90. The van der Waals surface area contributed by atoms with Crippen molar-refractivity contribution in [3.63, 3.8) is 0 Å². The predicted molar refractivity (Wildman–Crippen MR) is 58.8 cm³/mol. The van der Waals surface area contributed by atoms with Gasteiger partial charge in [0.05, 0.1) is 6.10 Å². The monoisotopic (exact) mass is 213 g/mol. The van der Waals surface area contributed by atoms with Crippen molar-refractivity contribution in [3.8, 4) is 0 Å². The lowest BCUT2D eigenvalue weighted by atomic mass is 10.3. The van der Waals surface area contributed by atoms with E-state index in [-0.39, 0.29) is 0 Å². The summed E-state index contributed by atoms with van der Waals surface area (Å²) < 4.78 is 5.57. The summed E-state index contributed by atoms with van der Waals surface area (Å²) in [5.41, 5.74) is 5.58. The van der Waals surface area contributed by atoms with Gasteiger partial charge in [0.2, 0.25) is 0 Å². The number of ether oxygens (including phenoxy) is 1. The summed E-state index contributed by atoms with van der Waals surface area (Å²) in [5.74, 6) is 0.616. The van der Waals surface area contributed by atoms with E-state index >= 15 is 0 Å². The van der Waals surface area contributed by atoms with Gasteiger partial charge in [0.1, 0.15) is 5.82 Å². The van der Waals surface area contributed by atoms with Crippen molar-refractivity contribution in [1.82, 2.24) is 4.98 Å². The first kappa shape index (κ1) is 9.73. The quantitative estimate of drug-likeness (QED) is 0.823. The third-order valence-electron chi connectivity index (χ3n) is 2.33. The van der Waals surface area contributed by atoms with Crippen LogP contribution in [-0.4, -0.2) is 30.8 Å². The lowest BCUT2D eigenvalue weighted by molar-refractivity contribution is 0.0787. The Morgan fingerprint density at radius 1 is 1.79 bits per heavy atom. The highest BCUT2D eigenvalue weighted by Crippen LogP contribution is 2.26. The maximum atomic E-state index is 5.58. The van der Waals surface area contributed by atoms with Crippen molar-refractivity contribution < 1.29 is 4.74 Å². The first-order valence-electron chi connectivity index (χ1n) is 4.87. The number of hydrogen-bond donors (Lipinski definition) is 1. The lowest BCUT2D eigenvalue weighted by Crippen LogP contribution is -2.22. The van der Waals surface area contributed by atoms with E-state index in [1.165, 1.54) is 0 Å². The van der Waals surface area contributed by atoms with Gasteiger partial charge in [-0.25, -0.2) is 4.98 Å². The molecule has 0 aromatic carbocycles. The number of aromatic nitrogens is 1. The van der Waals surface area contributed by atoms with Crippen LogP contribution in [0.3, 0.4) is 0 Å². The zero-order valence-corrected chi connectivity index (χ0v) is 9.09.